The van der Waals surface area contributed by atoms with Crippen LogP contribution in [0.25, 0.3) is 17.8 Å². The van der Waals surface area contributed by atoms with E-state index in [-0.39, 0.29) is 11.4 Å². The molecule has 0 aromatic heterocycles. The van der Waals surface area contributed by atoms with Crippen molar-refractivity contribution >= 4 is 29.7 Å². The Balaban J connectivity index is 0.000000766. The third kappa shape index (κ3) is 10.1. The average Bonchev–Trinajstić information content (AvgIpc) is 2.95. The van der Waals surface area contributed by atoms with Crippen molar-refractivity contribution in [3.8, 4) is 0 Å². The predicted molar refractivity (Wildman–Crippen MR) is 162 cm³/mol. The lowest BCUT2D eigenvalue weighted by atomic mass is 10.0. The molecule has 0 saturated carbocycles. The summed E-state index contributed by atoms with van der Waals surface area (Å²) in [6, 6.07) is 20.3. The van der Waals surface area contributed by atoms with Gasteiger partial charge >= 0.3 is 6.18 Å². The first-order valence-corrected chi connectivity index (χ1v) is 12.8. The zero-order valence-corrected chi connectivity index (χ0v) is 23.8. The third-order valence-electron chi connectivity index (χ3n) is 6.19. The highest BCUT2D eigenvalue weighted by Crippen LogP contribution is 2.29. The lowest BCUT2D eigenvalue weighted by molar-refractivity contribution is -0.137. The first-order chi connectivity index (χ1) is 19.7. The molecule has 0 aliphatic carbocycles. The summed E-state index contributed by atoms with van der Waals surface area (Å²) in [5, 5.41) is 8.04. The third-order valence-corrected chi connectivity index (χ3v) is 6.19. The Hall–Kier alpha value is -4.67. The molecule has 222 valence electrons. The van der Waals surface area contributed by atoms with Crippen molar-refractivity contribution in [3.63, 3.8) is 0 Å². The molecule has 3 aromatic rings. The minimum Gasteiger partial charge on any atom is -0.368 e. The molecule has 0 aliphatic heterocycles. The number of rotatable bonds is 10. The van der Waals surface area contributed by atoms with Gasteiger partial charge in [0.05, 0.1) is 11.2 Å². The van der Waals surface area contributed by atoms with Crippen LogP contribution in [0.2, 0.25) is 0 Å². The van der Waals surface area contributed by atoms with E-state index < -0.39 is 35.3 Å². The van der Waals surface area contributed by atoms with Gasteiger partial charge in [-0.2, -0.15) is 13.2 Å². The molecule has 0 fully saturated rings. The van der Waals surface area contributed by atoms with Gasteiger partial charge in [0, 0.05) is 5.70 Å². The van der Waals surface area contributed by atoms with Crippen molar-refractivity contribution < 1.29 is 22.8 Å². The second kappa shape index (κ2) is 14.8. The van der Waals surface area contributed by atoms with Crippen molar-refractivity contribution in [3.05, 3.63) is 126 Å². The highest BCUT2D eigenvalue weighted by Gasteiger charge is 2.35. The Bertz CT molecular complexity index is 1420. The second-order valence-electron chi connectivity index (χ2n) is 9.61. The number of amides is 2. The topological polar surface area (TPSA) is 122 Å². The van der Waals surface area contributed by atoms with Crippen LogP contribution >= 0.6 is 0 Å². The number of hydrogen-bond donors (Lipinski definition) is 5. The van der Waals surface area contributed by atoms with E-state index in [1.165, 1.54) is 37.7 Å². The van der Waals surface area contributed by atoms with E-state index in [1.807, 2.05) is 24.3 Å². The summed E-state index contributed by atoms with van der Waals surface area (Å²) < 4.78 is 38.7. The van der Waals surface area contributed by atoms with Crippen molar-refractivity contribution in [2.45, 2.75) is 31.7 Å². The van der Waals surface area contributed by atoms with Crippen LogP contribution in [-0.2, 0) is 15.8 Å². The Labute approximate surface area is 244 Å². The highest BCUT2D eigenvalue weighted by atomic mass is 19.4. The van der Waals surface area contributed by atoms with Gasteiger partial charge in [0.1, 0.15) is 11.7 Å². The standard InChI is InChI=1S/C25H28F3N5O2.C7H8/c1-5-16-7-6-8-17(13-16)14-20(23(35)33-21(22(29)34)24(3,30)31-4)32-15(2)18-9-11-19(12-10-18)25(26,27)28;1-7-5-3-2-4-6-7/h5-14,21,31-32H,1-2,30H2,3-4H3,(H2,29,34)(H,33,35);2-6H,1H3/b20-14+;. The molecule has 42 heavy (non-hydrogen) atoms. The van der Waals surface area contributed by atoms with E-state index in [1.54, 1.807) is 24.3 Å². The molecule has 2 unspecified atom stereocenters. The number of nitrogens with one attached hydrogen (secondary N) is 3. The molecule has 0 bridgehead atoms. The zero-order chi connectivity index (χ0) is 31.5. The molecule has 3 aromatic carbocycles. The molecular formula is C32H36F3N5O2. The number of likely N-dealkylation sites (N-methyl/N-ethyl adjacent to an activating group) is 1. The van der Waals surface area contributed by atoms with E-state index in [0.29, 0.717) is 11.1 Å². The molecule has 2 amide bonds. The molecule has 3 rings (SSSR count). The van der Waals surface area contributed by atoms with E-state index >= 15 is 0 Å². The normalized spacial score (nSPS) is 13.5. The van der Waals surface area contributed by atoms with Crippen molar-refractivity contribution in [1.29, 1.82) is 0 Å². The van der Waals surface area contributed by atoms with Gasteiger partial charge in [-0.1, -0.05) is 85.5 Å². The molecule has 0 heterocycles. The minimum absolute atomic E-state index is 0.0470. The fraction of sp³-hybridized carbons (Fsp3) is 0.188. The summed E-state index contributed by atoms with van der Waals surface area (Å²) in [5.41, 5.74) is 12.5. The highest BCUT2D eigenvalue weighted by molar-refractivity contribution is 6.01. The van der Waals surface area contributed by atoms with Crippen molar-refractivity contribution in [2.24, 2.45) is 11.5 Å². The fourth-order valence-electron chi connectivity index (χ4n) is 3.60. The van der Waals surface area contributed by atoms with Gasteiger partial charge in [0.15, 0.2) is 0 Å². The first-order valence-electron chi connectivity index (χ1n) is 12.8. The number of nitrogens with two attached hydrogens (primary N) is 2. The quantitative estimate of drug-likeness (QED) is 0.174. The maximum absolute atomic E-state index is 13.2. The van der Waals surface area contributed by atoms with E-state index in [9.17, 15) is 22.8 Å². The van der Waals surface area contributed by atoms with Gasteiger partial charge in [-0.25, -0.2) is 0 Å². The van der Waals surface area contributed by atoms with Crippen LogP contribution in [0.1, 0.15) is 34.7 Å². The number of carbonyl (C=O) groups is 2. The lowest BCUT2D eigenvalue weighted by Crippen LogP contribution is -2.68. The molecule has 2 atom stereocenters. The molecule has 0 saturated heterocycles. The molecule has 7 N–H and O–H groups in total. The Morgan fingerprint density at radius 2 is 1.55 bits per heavy atom. The van der Waals surface area contributed by atoms with Gasteiger partial charge in [0.25, 0.3) is 5.91 Å². The Kier molecular flexibility index (Phi) is 11.8. The molecule has 0 aliphatic rings. The van der Waals surface area contributed by atoms with E-state index in [4.69, 9.17) is 11.5 Å². The second-order valence-corrected chi connectivity index (χ2v) is 9.61. The average molecular weight is 580 g/mol. The van der Waals surface area contributed by atoms with Crippen molar-refractivity contribution in [2.75, 3.05) is 7.05 Å². The monoisotopic (exact) mass is 579 g/mol. The van der Waals surface area contributed by atoms with Crippen LogP contribution in [0.15, 0.2) is 97.7 Å². The van der Waals surface area contributed by atoms with E-state index in [2.05, 4.69) is 48.2 Å². The molecule has 0 radical (unpaired) electrons. The Morgan fingerprint density at radius 3 is 2.02 bits per heavy atom. The number of halogens is 3. The Morgan fingerprint density at radius 1 is 0.952 bits per heavy atom. The SMILES string of the molecule is C=Cc1cccc(/C=C(/NC(=C)c2ccc(C(F)(F)F)cc2)C(=O)NC(C(N)=O)C(C)(N)NC)c1.Cc1ccccc1. The summed E-state index contributed by atoms with van der Waals surface area (Å²) in [7, 11) is 1.50. The summed E-state index contributed by atoms with van der Waals surface area (Å²) in [6.07, 6.45) is -1.37. The minimum atomic E-state index is -4.49. The number of carbonyl (C=O) groups excluding carboxylic acids is 2. The maximum atomic E-state index is 13.2. The van der Waals surface area contributed by atoms with Crippen LogP contribution in [0, 0.1) is 6.92 Å². The number of benzene rings is 3. The van der Waals surface area contributed by atoms with Gasteiger partial charge in [0.2, 0.25) is 5.91 Å². The smallest absolute Gasteiger partial charge is 0.368 e. The number of alkyl halides is 3. The van der Waals surface area contributed by atoms with Gasteiger partial charge in [-0.3, -0.25) is 9.59 Å². The number of hydrogen-bond acceptors (Lipinski definition) is 5. The first kappa shape index (κ1) is 33.5. The fourth-order valence-corrected chi connectivity index (χ4v) is 3.60. The van der Waals surface area contributed by atoms with Crippen LogP contribution in [-0.4, -0.2) is 30.6 Å². The van der Waals surface area contributed by atoms with Crippen molar-refractivity contribution in [1.82, 2.24) is 16.0 Å². The van der Waals surface area contributed by atoms with Crippen LogP contribution in [0.3, 0.4) is 0 Å². The summed E-state index contributed by atoms with van der Waals surface area (Å²) in [5.74, 6) is -1.61. The molecular weight excluding hydrogens is 543 g/mol. The number of primary amides is 1. The van der Waals surface area contributed by atoms with E-state index in [0.717, 1.165) is 17.7 Å². The van der Waals surface area contributed by atoms with Gasteiger partial charge in [-0.15, -0.1) is 0 Å². The van der Waals surface area contributed by atoms with Gasteiger partial charge < -0.3 is 27.4 Å². The molecule has 7 nitrogen and oxygen atoms in total. The largest absolute Gasteiger partial charge is 0.416 e. The summed E-state index contributed by atoms with van der Waals surface area (Å²) in [6.45, 7) is 11.1. The summed E-state index contributed by atoms with van der Waals surface area (Å²) >= 11 is 0. The lowest BCUT2D eigenvalue weighted by Gasteiger charge is -2.32. The zero-order valence-electron chi connectivity index (χ0n) is 23.8. The number of aryl methyl sites for hydroxylation is 1. The van der Waals surface area contributed by atoms with Gasteiger partial charge in [-0.05, 0) is 61.9 Å². The molecule has 10 heteroatoms. The van der Waals surface area contributed by atoms with Crippen LogP contribution in [0.4, 0.5) is 13.2 Å². The van der Waals surface area contributed by atoms with Crippen LogP contribution in [0.5, 0.6) is 0 Å². The predicted octanol–water partition coefficient (Wildman–Crippen LogP) is 4.81. The maximum Gasteiger partial charge on any atom is 0.416 e. The van der Waals surface area contributed by atoms with Crippen LogP contribution < -0.4 is 27.4 Å². The molecule has 0 spiro atoms. The summed E-state index contributed by atoms with van der Waals surface area (Å²) in [4.78, 5) is 25.2.